The lowest BCUT2D eigenvalue weighted by molar-refractivity contribution is 0.0442. The third-order valence-electron chi connectivity index (χ3n) is 3.67. The van der Waals surface area contributed by atoms with Crippen LogP contribution in [0, 0.1) is 0 Å². The third kappa shape index (κ3) is 4.44. The molecule has 0 spiro atoms. The second-order valence-electron chi connectivity index (χ2n) is 5.17. The highest BCUT2D eigenvalue weighted by Crippen LogP contribution is 2.24. The number of carbonyl (C=O) groups is 1. The van der Waals surface area contributed by atoms with E-state index < -0.39 is 0 Å². The monoisotopic (exact) mass is 293 g/mol. The average molecular weight is 293 g/mol. The van der Waals surface area contributed by atoms with Crippen molar-refractivity contribution in [2.24, 2.45) is 0 Å². The first kappa shape index (κ1) is 15.8. The predicted molar refractivity (Wildman–Crippen MR) is 78.9 cm³/mol. The normalized spacial score (nSPS) is 21.5. The van der Waals surface area contributed by atoms with Crippen LogP contribution in [-0.4, -0.2) is 48.0 Å². The van der Waals surface area contributed by atoms with E-state index in [1.165, 1.54) is 0 Å². The molecular formula is C16H23NO4. The molecule has 1 aliphatic heterocycles. The lowest BCUT2D eigenvalue weighted by Crippen LogP contribution is -2.37. The molecule has 5 nitrogen and oxygen atoms in total. The summed E-state index contributed by atoms with van der Waals surface area (Å²) in [7, 11) is 0. The predicted octanol–water partition coefficient (Wildman–Crippen LogP) is 2.19. The molecule has 0 bridgehead atoms. The van der Waals surface area contributed by atoms with E-state index in [1.54, 1.807) is 11.8 Å². The lowest BCUT2D eigenvalue weighted by atomic mass is 10.1. The first-order valence-electron chi connectivity index (χ1n) is 7.44. The SMILES string of the molecule is CCOC(=O)N1C[C@H](OCc2ccccc2)C[C@@H]1CCO. The fourth-order valence-electron chi connectivity index (χ4n) is 2.64. The van der Waals surface area contributed by atoms with Gasteiger partial charge in [0.15, 0.2) is 0 Å². The second-order valence-corrected chi connectivity index (χ2v) is 5.17. The van der Waals surface area contributed by atoms with Gasteiger partial charge in [-0.25, -0.2) is 4.79 Å². The second kappa shape index (κ2) is 8.00. The zero-order valence-corrected chi connectivity index (χ0v) is 12.4. The topological polar surface area (TPSA) is 59.0 Å². The van der Waals surface area contributed by atoms with Gasteiger partial charge in [0.05, 0.1) is 25.9 Å². The van der Waals surface area contributed by atoms with Gasteiger partial charge in [0.1, 0.15) is 0 Å². The zero-order chi connectivity index (χ0) is 15.1. The first-order valence-corrected chi connectivity index (χ1v) is 7.44. The molecule has 0 unspecified atom stereocenters. The summed E-state index contributed by atoms with van der Waals surface area (Å²) in [6.45, 7) is 3.27. The molecule has 1 fully saturated rings. The number of likely N-dealkylation sites (tertiary alicyclic amines) is 1. The van der Waals surface area contributed by atoms with Crippen molar-refractivity contribution < 1.29 is 19.4 Å². The summed E-state index contributed by atoms with van der Waals surface area (Å²) in [4.78, 5) is 13.6. The zero-order valence-electron chi connectivity index (χ0n) is 12.4. The number of carbonyl (C=O) groups excluding carboxylic acids is 1. The van der Waals surface area contributed by atoms with Crippen LogP contribution in [0.1, 0.15) is 25.3 Å². The van der Waals surface area contributed by atoms with Gasteiger partial charge in [-0.1, -0.05) is 30.3 Å². The van der Waals surface area contributed by atoms with Crippen LogP contribution in [0.4, 0.5) is 4.79 Å². The van der Waals surface area contributed by atoms with Crippen molar-refractivity contribution in [2.75, 3.05) is 19.8 Å². The molecule has 5 heteroatoms. The van der Waals surface area contributed by atoms with Gasteiger partial charge in [0.25, 0.3) is 0 Å². The maximum absolute atomic E-state index is 11.9. The van der Waals surface area contributed by atoms with Crippen molar-refractivity contribution in [3.8, 4) is 0 Å². The first-order chi connectivity index (χ1) is 10.2. The molecule has 2 rings (SSSR count). The number of benzene rings is 1. The summed E-state index contributed by atoms with van der Waals surface area (Å²) >= 11 is 0. The Bertz CT molecular complexity index is 437. The van der Waals surface area contributed by atoms with E-state index in [-0.39, 0.29) is 24.8 Å². The molecular weight excluding hydrogens is 270 g/mol. The van der Waals surface area contributed by atoms with Gasteiger partial charge in [-0.2, -0.15) is 0 Å². The molecule has 0 radical (unpaired) electrons. The molecule has 1 amide bonds. The molecule has 1 N–H and O–H groups in total. The van der Waals surface area contributed by atoms with E-state index in [1.807, 2.05) is 30.3 Å². The van der Waals surface area contributed by atoms with Crippen molar-refractivity contribution in [2.45, 2.75) is 38.5 Å². The van der Waals surface area contributed by atoms with E-state index in [0.29, 0.717) is 26.2 Å². The summed E-state index contributed by atoms with van der Waals surface area (Å²) in [6.07, 6.45) is 0.976. The lowest BCUT2D eigenvalue weighted by Gasteiger charge is -2.22. The van der Waals surface area contributed by atoms with Crippen LogP contribution in [0.5, 0.6) is 0 Å². The highest BCUT2D eigenvalue weighted by molar-refractivity contribution is 5.68. The highest BCUT2D eigenvalue weighted by atomic mass is 16.6. The fraction of sp³-hybridized carbons (Fsp3) is 0.562. The maximum Gasteiger partial charge on any atom is 0.410 e. The molecule has 1 aromatic carbocycles. The average Bonchev–Trinajstić information content (AvgIpc) is 2.90. The molecule has 1 aromatic rings. The number of amides is 1. The molecule has 0 aliphatic carbocycles. The Morgan fingerprint density at radius 3 is 2.81 bits per heavy atom. The van der Waals surface area contributed by atoms with Gasteiger partial charge < -0.3 is 19.5 Å². The summed E-state index contributed by atoms with van der Waals surface area (Å²) < 4.78 is 11.0. The minimum atomic E-state index is -0.318. The molecule has 1 saturated heterocycles. The standard InChI is InChI=1S/C16H23NO4/c1-2-20-16(19)17-11-15(10-14(17)8-9-18)21-12-13-6-4-3-5-7-13/h3-7,14-15,18H,2,8-12H2,1H3/t14-,15+/m0/s1. The molecule has 116 valence electrons. The largest absolute Gasteiger partial charge is 0.450 e. The van der Waals surface area contributed by atoms with E-state index in [4.69, 9.17) is 14.6 Å². The molecule has 2 atom stereocenters. The fourth-order valence-corrected chi connectivity index (χ4v) is 2.64. The smallest absolute Gasteiger partial charge is 0.410 e. The summed E-state index contributed by atoms with van der Waals surface area (Å²) in [5, 5.41) is 9.13. The number of aliphatic hydroxyl groups is 1. The van der Waals surface area contributed by atoms with Gasteiger partial charge in [-0.05, 0) is 25.3 Å². The van der Waals surface area contributed by atoms with E-state index in [0.717, 1.165) is 12.0 Å². The Balaban J connectivity index is 1.89. The van der Waals surface area contributed by atoms with Gasteiger partial charge in [0, 0.05) is 12.6 Å². The number of hydrogen-bond donors (Lipinski definition) is 1. The van der Waals surface area contributed by atoms with Crippen LogP contribution in [0.2, 0.25) is 0 Å². The van der Waals surface area contributed by atoms with Gasteiger partial charge in [-0.3, -0.25) is 0 Å². The van der Waals surface area contributed by atoms with Gasteiger partial charge in [0.2, 0.25) is 0 Å². The van der Waals surface area contributed by atoms with Crippen molar-refractivity contribution >= 4 is 6.09 Å². The Labute approximate surface area is 125 Å². The number of nitrogens with zero attached hydrogens (tertiary/aromatic N) is 1. The van der Waals surface area contributed by atoms with Crippen molar-refractivity contribution in [1.82, 2.24) is 4.90 Å². The molecule has 1 heterocycles. The van der Waals surface area contributed by atoms with Crippen LogP contribution in [0.15, 0.2) is 30.3 Å². The number of aliphatic hydroxyl groups excluding tert-OH is 1. The molecule has 0 saturated carbocycles. The van der Waals surface area contributed by atoms with E-state index >= 15 is 0 Å². The Morgan fingerprint density at radius 1 is 1.38 bits per heavy atom. The van der Waals surface area contributed by atoms with Crippen LogP contribution < -0.4 is 0 Å². The summed E-state index contributed by atoms with van der Waals surface area (Å²) in [5.74, 6) is 0. The highest BCUT2D eigenvalue weighted by Gasteiger charge is 2.36. The van der Waals surface area contributed by atoms with Crippen LogP contribution >= 0.6 is 0 Å². The molecule has 1 aliphatic rings. The Kier molecular flexibility index (Phi) is 6.02. The number of hydrogen-bond acceptors (Lipinski definition) is 4. The minimum absolute atomic E-state index is 0.00479. The van der Waals surface area contributed by atoms with Crippen molar-refractivity contribution in [1.29, 1.82) is 0 Å². The van der Waals surface area contributed by atoms with Crippen molar-refractivity contribution in [3.05, 3.63) is 35.9 Å². The maximum atomic E-state index is 11.9. The summed E-state index contributed by atoms with van der Waals surface area (Å²) in [5.41, 5.74) is 1.12. The van der Waals surface area contributed by atoms with E-state index in [9.17, 15) is 4.79 Å². The van der Waals surface area contributed by atoms with Gasteiger partial charge >= 0.3 is 6.09 Å². The van der Waals surface area contributed by atoms with E-state index in [2.05, 4.69) is 0 Å². The third-order valence-corrected chi connectivity index (χ3v) is 3.67. The van der Waals surface area contributed by atoms with Crippen LogP contribution in [0.25, 0.3) is 0 Å². The summed E-state index contributed by atoms with van der Waals surface area (Å²) in [6, 6.07) is 9.96. The number of ether oxygens (including phenoxy) is 2. The number of rotatable bonds is 6. The van der Waals surface area contributed by atoms with Crippen LogP contribution in [-0.2, 0) is 16.1 Å². The quantitative estimate of drug-likeness (QED) is 0.873. The Hall–Kier alpha value is -1.59. The van der Waals surface area contributed by atoms with Crippen LogP contribution in [0.3, 0.4) is 0 Å². The Morgan fingerprint density at radius 2 is 2.14 bits per heavy atom. The van der Waals surface area contributed by atoms with Crippen molar-refractivity contribution in [3.63, 3.8) is 0 Å². The molecule has 0 aromatic heterocycles. The minimum Gasteiger partial charge on any atom is -0.450 e. The van der Waals surface area contributed by atoms with Gasteiger partial charge in [-0.15, -0.1) is 0 Å². The molecule has 21 heavy (non-hydrogen) atoms.